The van der Waals surface area contributed by atoms with Gasteiger partial charge in [0, 0.05) is 25.1 Å². The molecule has 0 saturated carbocycles. The Balaban J connectivity index is 1.30. The molecule has 1 amide bonds. The van der Waals surface area contributed by atoms with Crippen LogP contribution in [0.5, 0.6) is 11.5 Å². The molecule has 32 heavy (non-hydrogen) atoms. The minimum Gasteiger partial charge on any atom is -0.497 e. The van der Waals surface area contributed by atoms with Crippen molar-refractivity contribution in [2.45, 2.75) is 58.2 Å². The van der Waals surface area contributed by atoms with Crippen molar-refractivity contribution in [3.05, 3.63) is 59.7 Å². The third-order valence-corrected chi connectivity index (χ3v) is 7.13. The minimum absolute atomic E-state index is 0.0255. The maximum atomic E-state index is 13.2. The number of piperidine rings is 1. The number of methoxy groups -OCH3 is 1. The molecule has 2 atom stereocenters. The van der Waals surface area contributed by atoms with E-state index >= 15 is 0 Å². The molecule has 2 aliphatic rings. The summed E-state index contributed by atoms with van der Waals surface area (Å²) < 4.78 is 11.5. The number of ether oxygens (including phenoxy) is 2. The van der Waals surface area contributed by atoms with Crippen LogP contribution in [-0.4, -0.2) is 54.6 Å². The highest BCUT2D eigenvalue weighted by atomic mass is 16.5. The van der Waals surface area contributed by atoms with Gasteiger partial charge in [-0.15, -0.1) is 0 Å². The van der Waals surface area contributed by atoms with E-state index in [9.17, 15) is 4.79 Å². The van der Waals surface area contributed by atoms with E-state index in [-0.39, 0.29) is 18.1 Å². The molecule has 0 spiro atoms. The Kier molecular flexibility index (Phi) is 7.36. The summed E-state index contributed by atoms with van der Waals surface area (Å²) >= 11 is 0. The Bertz CT molecular complexity index is 893. The summed E-state index contributed by atoms with van der Waals surface area (Å²) in [7, 11) is 1.66. The van der Waals surface area contributed by atoms with Crippen molar-refractivity contribution >= 4 is 5.91 Å². The molecular weight excluding hydrogens is 400 g/mol. The van der Waals surface area contributed by atoms with Crippen LogP contribution in [0, 0.1) is 5.92 Å². The van der Waals surface area contributed by atoms with Gasteiger partial charge < -0.3 is 19.3 Å². The molecule has 0 radical (unpaired) electrons. The zero-order chi connectivity index (χ0) is 22.5. The highest BCUT2D eigenvalue weighted by Crippen LogP contribution is 2.31. The van der Waals surface area contributed by atoms with E-state index in [1.807, 2.05) is 30.0 Å². The van der Waals surface area contributed by atoms with Crippen LogP contribution in [0.25, 0.3) is 0 Å². The number of amides is 1. The molecule has 2 aromatic rings. The lowest BCUT2D eigenvalue weighted by Gasteiger charge is -2.34. The molecule has 2 aromatic carbocycles. The maximum absolute atomic E-state index is 13.2. The highest BCUT2D eigenvalue weighted by Gasteiger charge is 2.31. The van der Waals surface area contributed by atoms with Gasteiger partial charge in [0.1, 0.15) is 17.6 Å². The van der Waals surface area contributed by atoms with Crippen LogP contribution in [0.15, 0.2) is 48.5 Å². The largest absolute Gasteiger partial charge is 0.497 e. The van der Waals surface area contributed by atoms with Crippen molar-refractivity contribution in [3.8, 4) is 11.5 Å². The van der Waals surface area contributed by atoms with Crippen molar-refractivity contribution < 1.29 is 14.3 Å². The summed E-state index contributed by atoms with van der Waals surface area (Å²) in [5.74, 6) is 2.59. The van der Waals surface area contributed by atoms with E-state index in [0.29, 0.717) is 13.0 Å². The number of rotatable bonds is 6. The van der Waals surface area contributed by atoms with E-state index in [4.69, 9.17) is 9.47 Å². The zero-order valence-corrected chi connectivity index (χ0v) is 19.6. The normalized spacial score (nSPS) is 22.0. The van der Waals surface area contributed by atoms with Crippen LogP contribution in [0.3, 0.4) is 0 Å². The van der Waals surface area contributed by atoms with Crippen molar-refractivity contribution in [1.29, 1.82) is 0 Å². The molecule has 0 N–H and O–H groups in total. The second-order valence-corrected chi connectivity index (χ2v) is 9.28. The predicted octanol–water partition coefficient (Wildman–Crippen LogP) is 4.54. The molecule has 5 heteroatoms. The summed E-state index contributed by atoms with van der Waals surface area (Å²) in [5, 5.41) is 0. The van der Waals surface area contributed by atoms with Gasteiger partial charge in [0.05, 0.1) is 13.2 Å². The van der Waals surface area contributed by atoms with Crippen molar-refractivity contribution in [3.63, 3.8) is 0 Å². The summed E-state index contributed by atoms with van der Waals surface area (Å²) in [6.45, 7) is 7.69. The topological polar surface area (TPSA) is 42.0 Å². The summed E-state index contributed by atoms with van der Waals surface area (Å²) in [4.78, 5) is 17.7. The summed E-state index contributed by atoms with van der Waals surface area (Å²) in [6.07, 6.45) is 4.09. The number of fused-ring (bicyclic) bond motifs is 1. The van der Waals surface area contributed by atoms with Gasteiger partial charge in [-0.05, 0) is 75.9 Å². The van der Waals surface area contributed by atoms with Gasteiger partial charge >= 0.3 is 0 Å². The van der Waals surface area contributed by atoms with Gasteiger partial charge in [-0.25, -0.2) is 0 Å². The number of carbonyl (C=O) groups is 1. The average molecular weight is 437 g/mol. The SMILES string of the molecule is COc1ccc2c(c1)CN(C(=O)CCN1CCC(Cc3ccccc3)CC1)[C@H](C)[C@@H](C)O2. The van der Waals surface area contributed by atoms with Crippen molar-refractivity contribution in [1.82, 2.24) is 9.80 Å². The Morgan fingerprint density at radius 2 is 1.84 bits per heavy atom. The minimum atomic E-state index is -0.0534. The smallest absolute Gasteiger partial charge is 0.224 e. The van der Waals surface area contributed by atoms with E-state index in [1.165, 1.54) is 24.8 Å². The molecule has 172 valence electrons. The molecule has 2 heterocycles. The van der Waals surface area contributed by atoms with Crippen LogP contribution in [-0.2, 0) is 17.8 Å². The fourth-order valence-electron chi connectivity index (χ4n) is 4.88. The lowest BCUT2D eigenvalue weighted by molar-refractivity contribution is -0.135. The van der Waals surface area contributed by atoms with Crippen LogP contribution >= 0.6 is 0 Å². The molecule has 1 fully saturated rings. The molecule has 0 unspecified atom stereocenters. The maximum Gasteiger partial charge on any atom is 0.224 e. The number of hydrogen-bond donors (Lipinski definition) is 0. The predicted molar refractivity (Wildman–Crippen MR) is 127 cm³/mol. The first kappa shape index (κ1) is 22.7. The standard InChI is InChI=1S/C27H36N2O3/c1-20-21(2)32-26-10-9-25(31-3)18-24(26)19-29(20)27(30)13-16-28-14-11-23(12-15-28)17-22-7-5-4-6-8-22/h4-10,18,20-21,23H,11-17,19H2,1-3H3/t20-,21-/m1/s1. The van der Waals surface area contributed by atoms with Crippen LogP contribution in [0.1, 0.15) is 44.2 Å². The summed E-state index contributed by atoms with van der Waals surface area (Å²) in [5.41, 5.74) is 2.44. The lowest BCUT2D eigenvalue weighted by atomic mass is 9.90. The second kappa shape index (κ2) is 10.4. The van der Waals surface area contributed by atoms with E-state index < -0.39 is 0 Å². The second-order valence-electron chi connectivity index (χ2n) is 9.28. The van der Waals surface area contributed by atoms with Crippen LogP contribution in [0.2, 0.25) is 0 Å². The van der Waals surface area contributed by atoms with Gasteiger partial charge in [-0.1, -0.05) is 30.3 Å². The first-order chi connectivity index (χ1) is 15.5. The van der Waals surface area contributed by atoms with Crippen LogP contribution < -0.4 is 9.47 Å². The highest BCUT2D eigenvalue weighted by molar-refractivity contribution is 5.77. The number of hydrogen-bond acceptors (Lipinski definition) is 4. The van der Waals surface area contributed by atoms with Crippen molar-refractivity contribution in [2.75, 3.05) is 26.7 Å². The number of nitrogens with zero attached hydrogens (tertiary/aromatic N) is 2. The average Bonchev–Trinajstić information content (AvgIpc) is 2.94. The van der Waals surface area contributed by atoms with Gasteiger partial charge in [-0.3, -0.25) is 4.79 Å². The Morgan fingerprint density at radius 3 is 2.56 bits per heavy atom. The van der Waals surface area contributed by atoms with Gasteiger partial charge in [0.2, 0.25) is 5.91 Å². The van der Waals surface area contributed by atoms with Crippen LogP contribution in [0.4, 0.5) is 0 Å². The quantitative estimate of drug-likeness (QED) is 0.667. The molecule has 5 nitrogen and oxygen atoms in total. The fraction of sp³-hybridized carbons (Fsp3) is 0.519. The third-order valence-electron chi connectivity index (χ3n) is 7.13. The van der Waals surface area contributed by atoms with E-state index in [1.54, 1.807) is 7.11 Å². The first-order valence-corrected chi connectivity index (χ1v) is 11.9. The molecule has 0 aliphatic carbocycles. The van der Waals surface area contributed by atoms with E-state index in [0.717, 1.165) is 42.6 Å². The first-order valence-electron chi connectivity index (χ1n) is 11.9. The van der Waals surface area contributed by atoms with E-state index in [2.05, 4.69) is 42.2 Å². The third kappa shape index (κ3) is 5.44. The van der Waals surface area contributed by atoms with Gasteiger partial charge in [0.15, 0.2) is 0 Å². The zero-order valence-electron chi connectivity index (χ0n) is 19.6. The van der Waals surface area contributed by atoms with Gasteiger partial charge in [-0.2, -0.15) is 0 Å². The summed E-state index contributed by atoms with van der Waals surface area (Å²) in [6, 6.07) is 16.7. The number of likely N-dealkylation sites (tertiary alicyclic amines) is 1. The molecular formula is C27H36N2O3. The Hall–Kier alpha value is -2.53. The molecule has 4 rings (SSSR count). The Labute approximate surface area is 192 Å². The van der Waals surface area contributed by atoms with Crippen molar-refractivity contribution in [2.24, 2.45) is 5.92 Å². The van der Waals surface area contributed by atoms with Gasteiger partial charge in [0.25, 0.3) is 0 Å². The number of carbonyl (C=O) groups excluding carboxylic acids is 1. The molecule has 2 aliphatic heterocycles. The number of benzene rings is 2. The molecule has 0 bridgehead atoms. The Morgan fingerprint density at radius 1 is 1.09 bits per heavy atom. The molecule has 1 saturated heterocycles. The lowest BCUT2D eigenvalue weighted by Crippen LogP contribution is -2.45. The molecule has 0 aromatic heterocycles. The fourth-order valence-corrected chi connectivity index (χ4v) is 4.88. The monoisotopic (exact) mass is 436 g/mol.